The van der Waals surface area contributed by atoms with Crippen molar-refractivity contribution in [3.05, 3.63) is 53.5 Å². The molecule has 0 aromatic heterocycles. The Morgan fingerprint density at radius 2 is 1.97 bits per heavy atom. The van der Waals surface area contributed by atoms with Gasteiger partial charge in [0, 0.05) is 23.8 Å². The Balaban J connectivity index is 1.83. The number of hydrogen-bond donors (Lipinski definition) is 6. The average molecular weight is 412 g/mol. The number of primary amides is 1. The monoisotopic (exact) mass is 411 g/mol. The maximum absolute atomic E-state index is 12.0. The van der Waals surface area contributed by atoms with Crippen LogP contribution in [0.25, 0.3) is 0 Å². The summed E-state index contributed by atoms with van der Waals surface area (Å²) in [6.45, 7) is 4.36. The van der Waals surface area contributed by atoms with Gasteiger partial charge in [-0.3, -0.25) is 14.6 Å². The van der Waals surface area contributed by atoms with Crippen LogP contribution in [0.15, 0.2) is 52.9 Å². The highest BCUT2D eigenvalue weighted by Crippen LogP contribution is 2.26. The molecule has 2 aliphatic rings. The SMILES string of the molecule is C=C1NC(=NCC2(N)CCCCC2)NC(Nc2cccc(C(=O)NC)c2)=C1C(N)=O. The minimum absolute atomic E-state index is 0.180. The zero-order valence-electron chi connectivity index (χ0n) is 17.2. The molecule has 3 rings (SSSR count). The van der Waals surface area contributed by atoms with E-state index in [-0.39, 0.29) is 17.0 Å². The highest BCUT2D eigenvalue weighted by molar-refractivity contribution is 6.02. The summed E-state index contributed by atoms with van der Waals surface area (Å²) in [7, 11) is 1.56. The highest BCUT2D eigenvalue weighted by atomic mass is 16.2. The molecule has 1 aromatic carbocycles. The Morgan fingerprint density at radius 1 is 1.23 bits per heavy atom. The third-order valence-corrected chi connectivity index (χ3v) is 5.33. The van der Waals surface area contributed by atoms with Gasteiger partial charge in [-0.05, 0) is 31.0 Å². The summed E-state index contributed by atoms with van der Waals surface area (Å²) in [5.41, 5.74) is 13.3. The highest BCUT2D eigenvalue weighted by Gasteiger charge is 2.29. The van der Waals surface area contributed by atoms with Crippen molar-refractivity contribution in [2.75, 3.05) is 18.9 Å². The van der Waals surface area contributed by atoms with Crippen LogP contribution in [0.3, 0.4) is 0 Å². The molecular weight excluding hydrogens is 382 g/mol. The molecular formula is C21H29N7O2. The molecule has 8 N–H and O–H groups in total. The summed E-state index contributed by atoms with van der Waals surface area (Å²) in [5.74, 6) is -0.0841. The van der Waals surface area contributed by atoms with Crippen molar-refractivity contribution in [2.24, 2.45) is 16.5 Å². The van der Waals surface area contributed by atoms with E-state index in [1.165, 1.54) is 6.42 Å². The van der Waals surface area contributed by atoms with E-state index in [1.807, 2.05) is 0 Å². The predicted molar refractivity (Wildman–Crippen MR) is 117 cm³/mol. The molecule has 0 saturated heterocycles. The lowest BCUT2D eigenvalue weighted by atomic mass is 9.83. The van der Waals surface area contributed by atoms with Crippen molar-refractivity contribution < 1.29 is 9.59 Å². The van der Waals surface area contributed by atoms with Crippen LogP contribution >= 0.6 is 0 Å². The van der Waals surface area contributed by atoms with Crippen molar-refractivity contribution >= 4 is 23.5 Å². The molecule has 0 spiro atoms. The number of hydrogen-bond acceptors (Lipinski definition) is 5. The molecule has 1 heterocycles. The normalized spacial score (nSPS) is 19.7. The fourth-order valence-electron chi connectivity index (χ4n) is 3.69. The Bertz CT molecular complexity index is 914. The Labute approximate surface area is 176 Å². The van der Waals surface area contributed by atoms with Gasteiger partial charge in [0.15, 0.2) is 0 Å². The lowest BCUT2D eigenvalue weighted by Crippen LogP contribution is -2.49. The Morgan fingerprint density at radius 3 is 2.63 bits per heavy atom. The third kappa shape index (κ3) is 4.98. The summed E-state index contributed by atoms with van der Waals surface area (Å²) in [5, 5.41) is 11.8. The van der Waals surface area contributed by atoms with Crippen LogP contribution in [0.5, 0.6) is 0 Å². The van der Waals surface area contributed by atoms with Crippen LogP contribution in [-0.4, -0.2) is 36.9 Å². The first-order valence-electron chi connectivity index (χ1n) is 10.0. The fraction of sp³-hybridized carbons (Fsp3) is 0.381. The van der Waals surface area contributed by atoms with Gasteiger partial charge in [0.25, 0.3) is 11.8 Å². The zero-order valence-corrected chi connectivity index (χ0v) is 17.2. The molecule has 2 amide bonds. The van der Waals surface area contributed by atoms with Gasteiger partial charge in [-0.2, -0.15) is 0 Å². The standard InChI is InChI=1S/C21H29N7O2/c1-13-16(17(22)29)18(27-15-8-6-7-14(11-15)19(30)24-2)28-20(26-13)25-12-21(23)9-4-3-5-10-21/h6-8,11,27H,1,3-5,9-10,12,23H2,2H3,(H2,22,29)(H,24,30)(H2,25,26,28). The number of benzene rings is 1. The first-order chi connectivity index (χ1) is 14.3. The molecule has 1 aromatic rings. The molecule has 0 bridgehead atoms. The van der Waals surface area contributed by atoms with E-state index in [4.69, 9.17) is 11.5 Å². The minimum Gasteiger partial charge on any atom is -0.365 e. The summed E-state index contributed by atoms with van der Waals surface area (Å²) in [6.07, 6.45) is 5.29. The molecule has 9 nitrogen and oxygen atoms in total. The van der Waals surface area contributed by atoms with Crippen molar-refractivity contribution in [1.29, 1.82) is 0 Å². The van der Waals surface area contributed by atoms with E-state index in [0.29, 0.717) is 35.3 Å². The van der Waals surface area contributed by atoms with E-state index in [9.17, 15) is 9.59 Å². The molecule has 160 valence electrons. The van der Waals surface area contributed by atoms with Crippen molar-refractivity contribution in [3.63, 3.8) is 0 Å². The molecule has 1 aliphatic carbocycles. The van der Waals surface area contributed by atoms with Crippen LogP contribution in [0.1, 0.15) is 42.5 Å². The molecule has 1 aliphatic heterocycles. The van der Waals surface area contributed by atoms with Crippen LogP contribution in [-0.2, 0) is 4.79 Å². The maximum Gasteiger partial charge on any atom is 0.254 e. The van der Waals surface area contributed by atoms with Crippen LogP contribution in [0.2, 0.25) is 0 Å². The van der Waals surface area contributed by atoms with Gasteiger partial charge in [-0.15, -0.1) is 0 Å². The largest absolute Gasteiger partial charge is 0.365 e. The molecule has 0 unspecified atom stereocenters. The second-order valence-electron chi connectivity index (χ2n) is 7.72. The van der Waals surface area contributed by atoms with Gasteiger partial charge in [0.2, 0.25) is 5.96 Å². The number of nitrogens with two attached hydrogens (primary N) is 2. The smallest absolute Gasteiger partial charge is 0.254 e. The van der Waals surface area contributed by atoms with Gasteiger partial charge in [-0.25, -0.2) is 0 Å². The zero-order chi connectivity index (χ0) is 21.7. The number of guanidine groups is 1. The lowest BCUT2D eigenvalue weighted by Gasteiger charge is -2.32. The lowest BCUT2D eigenvalue weighted by molar-refractivity contribution is -0.114. The summed E-state index contributed by atoms with van der Waals surface area (Å²) < 4.78 is 0. The number of nitrogens with one attached hydrogen (secondary N) is 4. The van der Waals surface area contributed by atoms with Gasteiger partial charge in [-0.1, -0.05) is 31.9 Å². The number of anilines is 1. The van der Waals surface area contributed by atoms with Gasteiger partial charge in [0.1, 0.15) is 11.4 Å². The second kappa shape index (κ2) is 9.00. The third-order valence-electron chi connectivity index (χ3n) is 5.33. The van der Waals surface area contributed by atoms with E-state index >= 15 is 0 Å². The van der Waals surface area contributed by atoms with Crippen LogP contribution in [0.4, 0.5) is 5.69 Å². The molecule has 9 heteroatoms. The first kappa shape index (κ1) is 21.4. The average Bonchev–Trinajstić information content (AvgIpc) is 2.72. The summed E-state index contributed by atoms with van der Waals surface area (Å²) >= 11 is 0. The van der Waals surface area contributed by atoms with E-state index < -0.39 is 5.91 Å². The number of aliphatic imine (C=N–C) groups is 1. The Kier molecular flexibility index (Phi) is 6.41. The van der Waals surface area contributed by atoms with Crippen molar-refractivity contribution in [1.82, 2.24) is 16.0 Å². The molecule has 1 fully saturated rings. The number of amides is 2. The van der Waals surface area contributed by atoms with E-state index in [0.717, 1.165) is 25.7 Å². The quantitative estimate of drug-likeness (QED) is 0.410. The number of carbonyl (C=O) groups excluding carboxylic acids is 2. The van der Waals surface area contributed by atoms with E-state index in [1.54, 1.807) is 31.3 Å². The van der Waals surface area contributed by atoms with Crippen molar-refractivity contribution in [2.45, 2.75) is 37.6 Å². The topological polar surface area (TPSA) is 147 Å². The van der Waals surface area contributed by atoms with Gasteiger partial charge in [0.05, 0.1) is 12.2 Å². The van der Waals surface area contributed by atoms with Crippen LogP contribution in [0, 0.1) is 0 Å². The molecule has 0 radical (unpaired) electrons. The van der Waals surface area contributed by atoms with Crippen LogP contribution < -0.4 is 32.7 Å². The second-order valence-corrected chi connectivity index (χ2v) is 7.72. The summed E-state index contributed by atoms with van der Waals surface area (Å²) in [6, 6.07) is 6.88. The van der Waals surface area contributed by atoms with Crippen molar-refractivity contribution in [3.8, 4) is 0 Å². The number of rotatable bonds is 6. The number of nitrogens with zero attached hydrogens (tertiary/aromatic N) is 1. The van der Waals surface area contributed by atoms with Gasteiger partial charge >= 0.3 is 0 Å². The minimum atomic E-state index is -0.647. The predicted octanol–water partition coefficient (Wildman–Crippen LogP) is 0.879. The summed E-state index contributed by atoms with van der Waals surface area (Å²) in [4.78, 5) is 28.5. The Hall–Kier alpha value is -3.33. The molecule has 30 heavy (non-hydrogen) atoms. The number of carbonyl (C=O) groups is 2. The van der Waals surface area contributed by atoms with E-state index in [2.05, 4.69) is 32.8 Å². The van der Waals surface area contributed by atoms with Gasteiger partial charge < -0.3 is 32.7 Å². The molecule has 0 atom stereocenters. The fourth-order valence-corrected chi connectivity index (χ4v) is 3.69. The maximum atomic E-state index is 12.0. The molecule has 1 saturated carbocycles. The first-order valence-corrected chi connectivity index (χ1v) is 10.0.